The van der Waals surface area contributed by atoms with E-state index in [1.807, 2.05) is 0 Å². The van der Waals surface area contributed by atoms with E-state index in [1.165, 1.54) is 26.0 Å². The molecule has 0 N–H and O–H groups in total. The highest BCUT2D eigenvalue weighted by atomic mass is 16.5. The van der Waals surface area contributed by atoms with Crippen molar-refractivity contribution < 1.29 is 38.1 Å². The molecule has 0 saturated carbocycles. The lowest BCUT2D eigenvalue weighted by Crippen LogP contribution is -2.17. The Balaban J connectivity index is 3.41. The van der Waals surface area contributed by atoms with Crippen molar-refractivity contribution in [2.24, 2.45) is 0 Å². The Labute approximate surface area is 151 Å². The highest BCUT2D eigenvalue weighted by Crippen LogP contribution is 2.22. The first kappa shape index (κ1) is 21.1. The molecule has 0 aliphatic heterocycles. The van der Waals surface area contributed by atoms with Crippen molar-refractivity contribution in [1.82, 2.24) is 0 Å². The molecule has 0 fully saturated rings. The van der Waals surface area contributed by atoms with Gasteiger partial charge in [0.2, 0.25) is 0 Å². The Hall–Kier alpha value is -2.90. The van der Waals surface area contributed by atoms with Gasteiger partial charge in [0.1, 0.15) is 13.2 Å². The maximum Gasteiger partial charge on any atom is 0.339 e. The monoisotopic (exact) mass is 366 g/mol. The summed E-state index contributed by atoms with van der Waals surface area (Å²) >= 11 is 0. The Morgan fingerprint density at radius 3 is 1.31 bits per heavy atom. The summed E-state index contributed by atoms with van der Waals surface area (Å²) in [5.41, 5.74) is 0.799. The zero-order chi connectivity index (χ0) is 19.7. The summed E-state index contributed by atoms with van der Waals surface area (Å²) in [6.45, 7) is 5.69. The zero-order valence-corrected chi connectivity index (χ0v) is 15.2. The van der Waals surface area contributed by atoms with E-state index >= 15 is 0 Å². The van der Waals surface area contributed by atoms with Gasteiger partial charge < -0.3 is 18.9 Å². The van der Waals surface area contributed by atoms with Crippen molar-refractivity contribution in [2.45, 2.75) is 40.9 Å². The second-order valence-corrected chi connectivity index (χ2v) is 5.17. The minimum absolute atomic E-state index is 0.0148. The minimum Gasteiger partial charge on any atom is -0.462 e. The molecule has 0 radical (unpaired) electrons. The highest BCUT2D eigenvalue weighted by molar-refractivity contribution is 6.03. The average Bonchev–Trinajstić information content (AvgIpc) is 2.58. The van der Waals surface area contributed by atoms with Crippen molar-refractivity contribution >= 4 is 23.9 Å². The molecule has 0 aliphatic rings. The first-order chi connectivity index (χ1) is 12.3. The molecule has 0 spiro atoms. The predicted octanol–water partition coefficient (Wildman–Crippen LogP) is 2.17. The first-order valence-corrected chi connectivity index (χ1v) is 8.06. The van der Waals surface area contributed by atoms with E-state index in [0.29, 0.717) is 11.1 Å². The van der Waals surface area contributed by atoms with E-state index in [-0.39, 0.29) is 37.6 Å². The van der Waals surface area contributed by atoms with E-state index in [2.05, 4.69) is 0 Å². The van der Waals surface area contributed by atoms with Crippen molar-refractivity contribution in [3.8, 4) is 0 Å². The molecule has 0 atom stereocenters. The molecule has 0 amide bonds. The zero-order valence-electron chi connectivity index (χ0n) is 15.2. The molecular weight excluding hydrogens is 344 g/mol. The van der Waals surface area contributed by atoms with Gasteiger partial charge >= 0.3 is 23.9 Å². The van der Waals surface area contributed by atoms with E-state index < -0.39 is 23.9 Å². The molecule has 26 heavy (non-hydrogen) atoms. The van der Waals surface area contributed by atoms with Crippen LogP contribution >= 0.6 is 0 Å². The van der Waals surface area contributed by atoms with Crippen molar-refractivity contribution in [3.63, 3.8) is 0 Å². The van der Waals surface area contributed by atoms with Crippen molar-refractivity contribution in [1.29, 1.82) is 0 Å². The molecule has 1 aromatic carbocycles. The van der Waals surface area contributed by atoms with Crippen LogP contribution in [0.3, 0.4) is 0 Å². The Kier molecular flexibility index (Phi) is 8.27. The molecule has 0 unspecified atom stereocenters. The lowest BCUT2D eigenvalue weighted by atomic mass is 9.98. The topological polar surface area (TPSA) is 105 Å². The van der Waals surface area contributed by atoms with Gasteiger partial charge in [0, 0.05) is 13.8 Å². The molecule has 8 nitrogen and oxygen atoms in total. The van der Waals surface area contributed by atoms with Crippen LogP contribution in [0, 0.1) is 0 Å². The van der Waals surface area contributed by atoms with Gasteiger partial charge in [0.15, 0.2) is 0 Å². The number of carbonyl (C=O) groups excluding carboxylic acids is 4. The van der Waals surface area contributed by atoms with Crippen LogP contribution in [-0.2, 0) is 41.8 Å². The van der Waals surface area contributed by atoms with Crippen LogP contribution in [0.1, 0.15) is 59.5 Å². The summed E-state index contributed by atoms with van der Waals surface area (Å²) in [5.74, 6) is -2.46. The number of hydrogen-bond acceptors (Lipinski definition) is 8. The van der Waals surface area contributed by atoms with Crippen LogP contribution < -0.4 is 0 Å². The third-order valence-corrected chi connectivity index (χ3v) is 3.19. The van der Waals surface area contributed by atoms with Gasteiger partial charge in [-0.15, -0.1) is 0 Å². The molecule has 1 aromatic rings. The second kappa shape index (κ2) is 10.2. The van der Waals surface area contributed by atoms with Crippen LogP contribution in [0.5, 0.6) is 0 Å². The number of carbonyl (C=O) groups is 4. The molecule has 0 aromatic heterocycles. The van der Waals surface area contributed by atoms with E-state index in [0.717, 1.165) is 0 Å². The summed E-state index contributed by atoms with van der Waals surface area (Å²) in [6.07, 6.45) is 0. The molecule has 1 rings (SSSR count). The first-order valence-electron chi connectivity index (χ1n) is 8.06. The van der Waals surface area contributed by atoms with Crippen molar-refractivity contribution in [2.75, 3.05) is 13.2 Å². The van der Waals surface area contributed by atoms with E-state index in [1.54, 1.807) is 13.8 Å². The van der Waals surface area contributed by atoms with Crippen LogP contribution in [-0.4, -0.2) is 37.1 Å². The van der Waals surface area contributed by atoms with Crippen LogP contribution in [0.4, 0.5) is 0 Å². The smallest absolute Gasteiger partial charge is 0.339 e. The van der Waals surface area contributed by atoms with E-state index in [9.17, 15) is 19.2 Å². The van der Waals surface area contributed by atoms with Crippen LogP contribution in [0.15, 0.2) is 12.1 Å². The van der Waals surface area contributed by atoms with E-state index in [4.69, 9.17) is 18.9 Å². The standard InChI is InChI=1S/C18H22O8/c1-5-23-17(21)15-7-13(9-25-11(3)19)14(10-26-12(4)20)8-16(15)18(22)24-6-2/h7-8H,5-6,9-10H2,1-4H3. The minimum atomic E-state index is -0.710. The summed E-state index contributed by atoms with van der Waals surface area (Å²) in [6, 6.07) is 2.76. The number of benzene rings is 1. The SMILES string of the molecule is CCOC(=O)c1cc(COC(C)=O)c(COC(C)=O)cc1C(=O)OCC. The fourth-order valence-electron chi connectivity index (χ4n) is 2.07. The summed E-state index contributed by atoms with van der Waals surface area (Å²) in [7, 11) is 0. The fraction of sp³-hybridized carbons (Fsp3) is 0.444. The number of hydrogen-bond donors (Lipinski definition) is 0. The van der Waals surface area contributed by atoms with Gasteiger partial charge in [-0.05, 0) is 37.1 Å². The maximum atomic E-state index is 12.2. The Morgan fingerprint density at radius 2 is 1.04 bits per heavy atom. The Bertz CT molecular complexity index is 634. The van der Waals surface area contributed by atoms with Crippen LogP contribution in [0.25, 0.3) is 0 Å². The normalized spacial score (nSPS) is 10.0. The average molecular weight is 366 g/mol. The van der Waals surface area contributed by atoms with Gasteiger partial charge in [0.05, 0.1) is 24.3 Å². The predicted molar refractivity (Wildman–Crippen MR) is 89.3 cm³/mol. The largest absolute Gasteiger partial charge is 0.462 e. The number of ether oxygens (including phenoxy) is 4. The van der Waals surface area contributed by atoms with Gasteiger partial charge in [-0.3, -0.25) is 9.59 Å². The second-order valence-electron chi connectivity index (χ2n) is 5.17. The molecule has 0 saturated heterocycles. The summed E-state index contributed by atoms with van der Waals surface area (Å²) in [5, 5.41) is 0. The summed E-state index contributed by atoms with van der Waals surface area (Å²) < 4.78 is 19.9. The van der Waals surface area contributed by atoms with Crippen molar-refractivity contribution in [3.05, 3.63) is 34.4 Å². The van der Waals surface area contributed by atoms with Crippen LogP contribution in [0.2, 0.25) is 0 Å². The molecule has 8 heteroatoms. The number of esters is 4. The molecule has 0 bridgehead atoms. The molecular formula is C18H22O8. The third-order valence-electron chi connectivity index (χ3n) is 3.19. The van der Waals surface area contributed by atoms with Gasteiger partial charge in [-0.2, -0.15) is 0 Å². The molecule has 0 heterocycles. The molecule has 142 valence electrons. The van der Waals surface area contributed by atoms with Gasteiger partial charge in [-0.25, -0.2) is 9.59 Å². The molecule has 0 aliphatic carbocycles. The maximum absolute atomic E-state index is 12.2. The fourth-order valence-corrected chi connectivity index (χ4v) is 2.07. The Morgan fingerprint density at radius 1 is 0.692 bits per heavy atom. The van der Waals surface area contributed by atoms with Gasteiger partial charge in [-0.1, -0.05) is 0 Å². The third kappa shape index (κ3) is 6.19. The van der Waals surface area contributed by atoms with Gasteiger partial charge in [0.25, 0.3) is 0 Å². The summed E-state index contributed by atoms with van der Waals surface area (Å²) in [4.78, 5) is 46.6. The highest BCUT2D eigenvalue weighted by Gasteiger charge is 2.23. The number of rotatable bonds is 8. The lowest BCUT2D eigenvalue weighted by Gasteiger charge is -2.15. The quantitative estimate of drug-likeness (QED) is 0.509. The lowest BCUT2D eigenvalue weighted by molar-refractivity contribution is -0.143.